The summed E-state index contributed by atoms with van der Waals surface area (Å²) in [6.07, 6.45) is 0.631. The van der Waals surface area contributed by atoms with E-state index < -0.39 is 6.36 Å². The highest BCUT2D eigenvalue weighted by atomic mass is 19.4. The molecule has 0 N–H and O–H groups in total. The fourth-order valence-corrected chi connectivity index (χ4v) is 1.34. The summed E-state index contributed by atoms with van der Waals surface area (Å²) in [5, 5.41) is 0. The van der Waals surface area contributed by atoms with Crippen LogP contribution in [0.1, 0.15) is 19.4 Å². The molecule has 0 bridgehead atoms. The van der Waals surface area contributed by atoms with E-state index in [-0.39, 0.29) is 5.75 Å². The predicted octanol–water partition coefficient (Wildman–Crippen LogP) is 4.56. The minimum absolute atomic E-state index is 0.182. The van der Waals surface area contributed by atoms with Gasteiger partial charge >= 0.3 is 6.36 Å². The summed E-state index contributed by atoms with van der Waals surface area (Å²) in [7, 11) is 0. The minimum atomic E-state index is -4.67. The molecule has 0 saturated carbocycles. The molecule has 0 amide bonds. The zero-order chi connectivity index (χ0) is 12.9. The van der Waals surface area contributed by atoms with Gasteiger partial charge in [-0.3, -0.25) is 0 Å². The van der Waals surface area contributed by atoms with Crippen LogP contribution < -0.4 is 4.74 Å². The number of benzene rings is 1. The van der Waals surface area contributed by atoms with Gasteiger partial charge in [0.2, 0.25) is 0 Å². The van der Waals surface area contributed by atoms with Crippen molar-refractivity contribution in [3.63, 3.8) is 0 Å². The third-order valence-electron chi connectivity index (χ3n) is 2.08. The molecule has 1 nitrogen and oxygen atoms in total. The first-order valence-corrected chi connectivity index (χ1v) is 5.09. The lowest BCUT2D eigenvalue weighted by molar-refractivity contribution is -0.274. The molecule has 0 aliphatic carbocycles. The number of hydrogen-bond acceptors (Lipinski definition) is 1. The lowest BCUT2D eigenvalue weighted by Gasteiger charge is -2.13. The van der Waals surface area contributed by atoms with Crippen LogP contribution in [-0.2, 0) is 0 Å². The van der Waals surface area contributed by atoms with Gasteiger partial charge in [0.25, 0.3) is 0 Å². The summed E-state index contributed by atoms with van der Waals surface area (Å²) >= 11 is 0. The Morgan fingerprint density at radius 3 is 2.47 bits per heavy atom. The maximum absolute atomic E-state index is 12.2. The van der Waals surface area contributed by atoms with Crippen LogP contribution in [0.5, 0.6) is 5.75 Å². The average Bonchev–Trinajstić information content (AvgIpc) is 2.24. The van der Waals surface area contributed by atoms with Crippen LogP contribution in [0, 0.1) is 0 Å². The van der Waals surface area contributed by atoms with Crippen molar-refractivity contribution in [1.82, 2.24) is 0 Å². The van der Waals surface area contributed by atoms with E-state index in [9.17, 15) is 13.2 Å². The molecule has 0 aliphatic rings. The minimum Gasteiger partial charge on any atom is -0.405 e. The van der Waals surface area contributed by atoms with Crippen LogP contribution in [0.25, 0.3) is 5.57 Å². The van der Waals surface area contributed by atoms with Gasteiger partial charge in [0.05, 0.1) is 0 Å². The second-order valence-corrected chi connectivity index (χ2v) is 3.42. The van der Waals surface area contributed by atoms with Gasteiger partial charge in [-0.25, -0.2) is 0 Å². The number of allylic oxidation sites excluding steroid dienone is 4. The molecule has 0 aromatic heterocycles. The van der Waals surface area contributed by atoms with E-state index >= 15 is 0 Å². The molecule has 4 heteroatoms. The van der Waals surface area contributed by atoms with Crippen molar-refractivity contribution in [3.8, 4) is 5.75 Å². The maximum atomic E-state index is 12.2. The number of halogens is 3. The highest BCUT2D eigenvalue weighted by molar-refractivity contribution is 5.70. The van der Waals surface area contributed by atoms with Gasteiger partial charge in [-0.15, -0.1) is 13.2 Å². The van der Waals surface area contributed by atoms with Crippen molar-refractivity contribution in [2.75, 3.05) is 0 Å². The van der Waals surface area contributed by atoms with Gasteiger partial charge in [0.1, 0.15) is 5.75 Å². The highest BCUT2D eigenvalue weighted by Crippen LogP contribution is 2.30. The van der Waals surface area contributed by atoms with Gasteiger partial charge in [0, 0.05) is 5.56 Å². The van der Waals surface area contributed by atoms with Crippen LogP contribution in [0.2, 0.25) is 0 Å². The summed E-state index contributed by atoms with van der Waals surface area (Å²) in [5.41, 5.74) is 1.14. The van der Waals surface area contributed by atoms with E-state index in [1.807, 2.05) is 6.92 Å². The molecule has 0 unspecified atom stereocenters. The zero-order valence-electron chi connectivity index (χ0n) is 9.58. The van der Waals surface area contributed by atoms with Crippen molar-refractivity contribution >= 4 is 5.57 Å². The van der Waals surface area contributed by atoms with E-state index in [2.05, 4.69) is 4.74 Å². The van der Waals surface area contributed by atoms with Gasteiger partial charge in [-0.1, -0.05) is 36.4 Å². The quantitative estimate of drug-likeness (QED) is 0.706. The number of hydrogen-bond donors (Lipinski definition) is 0. The standard InChI is InChI=1S/C13H13F3O/c1-3-4-7-10(2)11-8-5-6-9-12(11)17-13(14,15)16/h3-9H,1-2H3. The molecule has 0 radical (unpaired) electrons. The summed E-state index contributed by atoms with van der Waals surface area (Å²) in [6, 6.07) is 6.07. The first kappa shape index (κ1) is 13.4. The highest BCUT2D eigenvalue weighted by Gasteiger charge is 2.32. The van der Waals surface area contributed by atoms with E-state index in [4.69, 9.17) is 0 Å². The average molecular weight is 242 g/mol. The van der Waals surface area contributed by atoms with Crippen LogP contribution in [0.15, 0.2) is 42.5 Å². The summed E-state index contributed by atoms with van der Waals surface area (Å²) < 4.78 is 40.5. The lowest BCUT2D eigenvalue weighted by Crippen LogP contribution is -2.17. The normalized spacial score (nSPS) is 13.1. The van der Waals surface area contributed by atoms with Crippen molar-refractivity contribution in [2.24, 2.45) is 0 Å². The number of ether oxygens (including phenoxy) is 1. The molecule has 1 aromatic carbocycles. The predicted molar refractivity (Wildman–Crippen MR) is 61.6 cm³/mol. The number of rotatable bonds is 3. The number of alkyl halides is 3. The Balaban J connectivity index is 3.08. The lowest BCUT2D eigenvalue weighted by atomic mass is 10.1. The largest absolute Gasteiger partial charge is 0.573 e. The molecule has 1 rings (SSSR count). The molecule has 92 valence electrons. The topological polar surface area (TPSA) is 9.23 Å². The van der Waals surface area contributed by atoms with Crippen LogP contribution in [-0.4, -0.2) is 6.36 Å². The van der Waals surface area contributed by atoms with Gasteiger partial charge in [0.15, 0.2) is 0 Å². The Morgan fingerprint density at radius 2 is 1.88 bits per heavy atom. The van der Waals surface area contributed by atoms with Crippen molar-refractivity contribution < 1.29 is 17.9 Å². The second kappa shape index (κ2) is 5.57. The SMILES string of the molecule is CC=CC=C(C)c1ccccc1OC(F)(F)F. The molecule has 17 heavy (non-hydrogen) atoms. The summed E-state index contributed by atoms with van der Waals surface area (Å²) in [5.74, 6) is -0.182. The van der Waals surface area contributed by atoms with Gasteiger partial charge in [-0.05, 0) is 25.5 Å². The van der Waals surface area contributed by atoms with Gasteiger partial charge < -0.3 is 4.74 Å². The van der Waals surface area contributed by atoms with Crippen LogP contribution in [0.4, 0.5) is 13.2 Å². The smallest absolute Gasteiger partial charge is 0.405 e. The monoisotopic (exact) mass is 242 g/mol. The summed E-state index contributed by atoms with van der Waals surface area (Å²) in [6.45, 7) is 3.57. The molecule has 0 fully saturated rings. The Morgan fingerprint density at radius 1 is 1.24 bits per heavy atom. The van der Waals surface area contributed by atoms with E-state index in [1.54, 1.807) is 37.3 Å². The molecule has 1 aromatic rings. The van der Waals surface area contributed by atoms with Gasteiger partial charge in [-0.2, -0.15) is 0 Å². The molecular formula is C13H13F3O. The maximum Gasteiger partial charge on any atom is 0.573 e. The van der Waals surface area contributed by atoms with Crippen molar-refractivity contribution in [1.29, 1.82) is 0 Å². The third-order valence-corrected chi connectivity index (χ3v) is 2.08. The molecule has 0 aliphatic heterocycles. The fourth-order valence-electron chi connectivity index (χ4n) is 1.34. The second-order valence-electron chi connectivity index (χ2n) is 3.42. The fraction of sp³-hybridized carbons (Fsp3) is 0.231. The number of para-hydroxylation sites is 1. The molecule has 0 atom stereocenters. The van der Waals surface area contributed by atoms with Crippen molar-refractivity contribution in [2.45, 2.75) is 20.2 Å². The van der Waals surface area contributed by atoms with E-state index in [1.165, 1.54) is 12.1 Å². The van der Waals surface area contributed by atoms with E-state index in [0.717, 1.165) is 0 Å². The molecule has 0 saturated heterocycles. The summed E-state index contributed by atoms with van der Waals surface area (Å²) in [4.78, 5) is 0. The van der Waals surface area contributed by atoms with Crippen molar-refractivity contribution in [3.05, 3.63) is 48.1 Å². The molecule has 0 heterocycles. The van der Waals surface area contributed by atoms with Crippen LogP contribution >= 0.6 is 0 Å². The molecular weight excluding hydrogens is 229 g/mol. The van der Waals surface area contributed by atoms with Crippen LogP contribution in [0.3, 0.4) is 0 Å². The Hall–Kier alpha value is -1.71. The first-order chi connectivity index (χ1) is 7.94. The first-order valence-electron chi connectivity index (χ1n) is 5.09. The Kier molecular flexibility index (Phi) is 4.37. The molecule has 0 spiro atoms. The zero-order valence-corrected chi connectivity index (χ0v) is 9.58. The Labute approximate surface area is 98.2 Å². The third kappa shape index (κ3) is 4.34. The Bertz CT molecular complexity index is 431. The van der Waals surface area contributed by atoms with E-state index in [0.29, 0.717) is 11.1 Å².